The minimum absolute atomic E-state index is 0.276. The van der Waals surface area contributed by atoms with E-state index in [9.17, 15) is 0 Å². The van der Waals surface area contributed by atoms with E-state index in [1.807, 2.05) is 18.2 Å². The first-order chi connectivity index (χ1) is 8.19. The average molecular weight is 237 g/mol. The summed E-state index contributed by atoms with van der Waals surface area (Å²) >= 11 is 0. The van der Waals surface area contributed by atoms with Crippen LogP contribution in [0, 0.1) is 0 Å². The molecule has 0 saturated heterocycles. The van der Waals surface area contributed by atoms with Crippen LogP contribution in [0.3, 0.4) is 0 Å². The fourth-order valence-corrected chi connectivity index (χ4v) is 1.92. The van der Waals surface area contributed by atoms with Crippen molar-refractivity contribution in [3.05, 3.63) is 29.8 Å². The molecule has 0 aliphatic rings. The van der Waals surface area contributed by atoms with Gasteiger partial charge in [0, 0.05) is 31.4 Å². The first-order valence-corrected chi connectivity index (χ1v) is 6.07. The fraction of sp³-hybridized carbons (Fsp3) is 0.571. The summed E-state index contributed by atoms with van der Waals surface area (Å²) in [4.78, 5) is 0. The van der Waals surface area contributed by atoms with Gasteiger partial charge in [0.25, 0.3) is 0 Å². The van der Waals surface area contributed by atoms with Crippen LogP contribution >= 0.6 is 0 Å². The lowest BCUT2D eigenvalue weighted by atomic mass is 10.1. The molecule has 0 fully saturated rings. The first kappa shape index (κ1) is 14.0. The lowest BCUT2D eigenvalue weighted by molar-refractivity contribution is 0.183. The molecule has 0 amide bonds. The maximum Gasteiger partial charge on any atom is 0.123 e. The third-order valence-corrected chi connectivity index (χ3v) is 2.89. The zero-order chi connectivity index (χ0) is 12.7. The van der Waals surface area contributed by atoms with Crippen LogP contribution in [0.5, 0.6) is 5.75 Å². The number of methoxy groups -OCH3 is 2. The second-order valence-corrected chi connectivity index (χ2v) is 4.31. The summed E-state index contributed by atoms with van der Waals surface area (Å²) in [5.41, 5.74) is 1.19. The zero-order valence-electron chi connectivity index (χ0n) is 11.2. The maximum absolute atomic E-state index is 5.36. The largest absolute Gasteiger partial charge is 0.496 e. The molecular weight excluding hydrogens is 214 g/mol. The number of hydrogen-bond donors (Lipinski definition) is 1. The lowest BCUT2D eigenvalue weighted by Gasteiger charge is -2.21. The molecule has 2 atom stereocenters. The van der Waals surface area contributed by atoms with Crippen molar-refractivity contribution in [1.29, 1.82) is 0 Å². The van der Waals surface area contributed by atoms with Crippen LogP contribution in [-0.4, -0.2) is 26.9 Å². The van der Waals surface area contributed by atoms with Crippen LogP contribution < -0.4 is 10.1 Å². The molecule has 96 valence electrons. The first-order valence-electron chi connectivity index (χ1n) is 6.07. The number of hydrogen-bond acceptors (Lipinski definition) is 3. The topological polar surface area (TPSA) is 30.5 Å². The molecule has 0 aliphatic carbocycles. The van der Waals surface area contributed by atoms with Crippen molar-refractivity contribution in [3.8, 4) is 5.75 Å². The molecule has 1 aromatic carbocycles. The quantitative estimate of drug-likeness (QED) is 0.791. The van der Waals surface area contributed by atoms with Gasteiger partial charge in [-0.2, -0.15) is 0 Å². The molecule has 0 aliphatic heterocycles. The van der Waals surface area contributed by atoms with Crippen LogP contribution in [0.4, 0.5) is 0 Å². The van der Waals surface area contributed by atoms with Gasteiger partial charge in [0.1, 0.15) is 5.75 Å². The summed E-state index contributed by atoms with van der Waals surface area (Å²) in [6.45, 7) is 5.11. The highest BCUT2D eigenvalue weighted by Crippen LogP contribution is 2.24. The predicted molar refractivity (Wildman–Crippen MR) is 70.5 cm³/mol. The van der Waals surface area contributed by atoms with E-state index >= 15 is 0 Å². The second kappa shape index (κ2) is 7.30. The van der Waals surface area contributed by atoms with Crippen LogP contribution in [0.2, 0.25) is 0 Å². The Kier molecular flexibility index (Phi) is 6.01. The molecule has 1 aromatic rings. The Labute approximate surface area is 104 Å². The van der Waals surface area contributed by atoms with Crippen molar-refractivity contribution in [3.63, 3.8) is 0 Å². The Morgan fingerprint density at radius 1 is 1.18 bits per heavy atom. The summed E-state index contributed by atoms with van der Waals surface area (Å²) in [6, 6.07) is 8.82. The predicted octanol–water partition coefficient (Wildman–Crippen LogP) is 2.77. The van der Waals surface area contributed by atoms with Crippen molar-refractivity contribution in [2.24, 2.45) is 0 Å². The van der Waals surface area contributed by atoms with Crippen molar-refractivity contribution in [1.82, 2.24) is 5.32 Å². The van der Waals surface area contributed by atoms with Crippen LogP contribution in [0.1, 0.15) is 31.9 Å². The van der Waals surface area contributed by atoms with Gasteiger partial charge >= 0.3 is 0 Å². The van der Waals surface area contributed by atoms with Crippen LogP contribution in [0.25, 0.3) is 0 Å². The average Bonchev–Trinajstić information content (AvgIpc) is 2.36. The molecule has 3 heteroatoms. The molecule has 0 bridgehead atoms. The Bertz CT molecular complexity index is 328. The van der Waals surface area contributed by atoms with Crippen molar-refractivity contribution >= 4 is 0 Å². The molecule has 0 radical (unpaired) electrons. The molecule has 0 aromatic heterocycles. The molecule has 1 rings (SSSR count). The molecule has 1 N–H and O–H groups in total. The highest BCUT2D eigenvalue weighted by atomic mass is 16.5. The highest BCUT2D eigenvalue weighted by molar-refractivity contribution is 5.35. The Balaban J connectivity index is 2.59. The maximum atomic E-state index is 5.36. The number of nitrogens with one attached hydrogen (secondary N) is 1. The lowest BCUT2D eigenvalue weighted by Crippen LogP contribution is -2.30. The third-order valence-electron chi connectivity index (χ3n) is 2.89. The number of ether oxygens (including phenoxy) is 2. The highest BCUT2D eigenvalue weighted by Gasteiger charge is 2.12. The van der Waals surface area contributed by atoms with Crippen molar-refractivity contribution < 1.29 is 9.47 Å². The normalized spacial score (nSPS) is 14.4. The third kappa shape index (κ3) is 4.36. The Hall–Kier alpha value is -1.06. The number of benzene rings is 1. The van der Waals surface area contributed by atoms with Gasteiger partial charge < -0.3 is 14.8 Å². The fourth-order valence-electron chi connectivity index (χ4n) is 1.92. The summed E-state index contributed by atoms with van der Waals surface area (Å²) in [6.07, 6.45) is 1.01. The standard InChI is InChI=1S/C14H23NO2/c1-11(9-10-16-3)15-12(2)13-7-5-6-8-14(13)17-4/h5-8,11-12,15H,9-10H2,1-4H3. The molecule has 0 heterocycles. The molecule has 0 saturated carbocycles. The number of rotatable bonds is 7. The van der Waals surface area contributed by atoms with Gasteiger partial charge in [-0.25, -0.2) is 0 Å². The number of para-hydroxylation sites is 1. The van der Waals surface area contributed by atoms with E-state index in [1.165, 1.54) is 5.56 Å². The molecule has 0 spiro atoms. The van der Waals surface area contributed by atoms with Gasteiger partial charge in [-0.3, -0.25) is 0 Å². The monoisotopic (exact) mass is 237 g/mol. The SMILES string of the molecule is COCCC(C)NC(C)c1ccccc1OC. The minimum Gasteiger partial charge on any atom is -0.496 e. The Morgan fingerprint density at radius 2 is 1.88 bits per heavy atom. The smallest absolute Gasteiger partial charge is 0.123 e. The van der Waals surface area contributed by atoms with Gasteiger partial charge in [-0.15, -0.1) is 0 Å². The van der Waals surface area contributed by atoms with Crippen LogP contribution in [0.15, 0.2) is 24.3 Å². The van der Waals surface area contributed by atoms with E-state index in [1.54, 1.807) is 14.2 Å². The summed E-state index contributed by atoms with van der Waals surface area (Å²) in [5, 5.41) is 3.55. The van der Waals surface area contributed by atoms with Gasteiger partial charge in [-0.1, -0.05) is 18.2 Å². The van der Waals surface area contributed by atoms with Crippen LogP contribution in [-0.2, 0) is 4.74 Å². The van der Waals surface area contributed by atoms with E-state index in [4.69, 9.17) is 9.47 Å². The summed E-state index contributed by atoms with van der Waals surface area (Å²) < 4.78 is 10.4. The molecule has 2 unspecified atom stereocenters. The minimum atomic E-state index is 0.276. The van der Waals surface area contributed by atoms with E-state index in [0.29, 0.717) is 6.04 Å². The van der Waals surface area contributed by atoms with E-state index in [0.717, 1.165) is 18.8 Å². The molecule has 17 heavy (non-hydrogen) atoms. The van der Waals surface area contributed by atoms with Gasteiger partial charge in [-0.05, 0) is 26.3 Å². The van der Waals surface area contributed by atoms with E-state index < -0.39 is 0 Å². The zero-order valence-corrected chi connectivity index (χ0v) is 11.2. The van der Waals surface area contributed by atoms with E-state index in [-0.39, 0.29) is 6.04 Å². The molecular formula is C14H23NO2. The second-order valence-electron chi connectivity index (χ2n) is 4.31. The van der Waals surface area contributed by atoms with E-state index in [2.05, 4.69) is 25.2 Å². The Morgan fingerprint density at radius 3 is 2.53 bits per heavy atom. The van der Waals surface area contributed by atoms with Crippen molar-refractivity contribution in [2.75, 3.05) is 20.8 Å². The summed E-state index contributed by atoms with van der Waals surface area (Å²) in [7, 11) is 3.44. The molecule has 3 nitrogen and oxygen atoms in total. The van der Waals surface area contributed by atoms with Gasteiger partial charge in [0.05, 0.1) is 7.11 Å². The van der Waals surface area contributed by atoms with Gasteiger partial charge in [0.2, 0.25) is 0 Å². The summed E-state index contributed by atoms with van der Waals surface area (Å²) in [5.74, 6) is 0.937. The van der Waals surface area contributed by atoms with Gasteiger partial charge in [0.15, 0.2) is 0 Å². The van der Waals surface area contributed by atoms with Crippen molar-refractivity contribution in [2.45, 2.75) is 32.4 Å².